The average molecular weight is 699 g/mol. The van der Waals surface area contributed by atoms with Gasteiger partial charge in [0.1, 0.15) is 12.6 Å². The smallest absolute Gasteiger partial charge is 0.407 e. The molecule has 0 spiro atoms. The maximum Gasteiger partial charge on any atom is 0.407 e. The quantitative estimate of drug-likeness (QED) is 0.0729. The van der Waals surface area contributed by atoms with Crippen LogP contribution in [0.1, 0.15) is 41.9 Å². The molecule has 0 unspecified atom stereocenters. The number of rotatable bonds is 16. The molecule has 0 bridgehead atoms. The molecule has 0 saturated carbocycles. The molecule has 1 aliphatic heterocycles. The molecule has 1 aliphatic rings. The molecule has 6 rings (SSSR count). The van der Waals surface area contributed by atoms with Gasteiger partial charge in [-0.15, -0.1) is 0 Å². The molecule has 1 saturated heterocycles. The number of unbranched alkanes of at least 4 members (excludes halogenated alkanes) is 1. The van der Waals surface area contributed by atoms with Gasteiger partial charge in [0.2, 0.25) is 5.91 Å². The zero-order valence-corrected chi connectivity index (χ0v) is 28.7. The first-order valence-electron chi connectivity index (χ1n) is 17.5. The zero-order valence-electron chi connectivity index (χ0n) is 28.7. The number of hydrogen-bond acceptors (Lipinski definition) is 6. The molecule has 10 heteroatoms. The van der Waals surface area contributed by atoms with E-state index in [4.69, 9.17) is 9.47 Å². The maximum absolute atomic E-state index is 13.7. The predicted molar refractivity (Wildman–Crippen MR) is 199 cm³/mol. The summed E-state index contributed by atoms with van der Waals surface area (Å²) in [5.74, 6) is -1.41. The van der Waals surface area contributed by atoms with E-state index in [1.165, 1.54) is 0 Å². The minimum Gasteiger partial charge on any atom is -0.445 e. The van der Waals surface area contributed by atoms with Gasteiger partial charge in [-0.05, 0) is 47.4 Å². The molecule has 0 aliphatic carbocycles. The summed E-state index contributed by atoms with van der Waals surface area (Å²) in [5, 5.41) is 13.3. The van der Waals surface area contributed by atoms with E-state index >= 15 is 0 Å². The highest BCUT2D eigenvalue weighted by atomic mass is 16.6. The van der Waals surface area contributed by atoms with Crippen molar-refractivity contribution in [2.45, 2.75) is 50.0 Å². The minimum absolute atomic E-state index is 0.0836. The Bertz CT molecular complexity index is 1910. The third-order valence-electron chi connectivity index (χ3n) is 8.97. The zero-order chi connectivity index (χ0) is 36.1. The lowest BCUT2D eigenvalue weighted by Crippen LogP contribution is -2.46. The molecule has 0 aromatic heterocycles. The number of carbonyl (C=O) groups is 4. The van der Waals surface area contributed by atoms with Crippen LogP contribution in [0.5, 0.6) is 0 Å². The van der Waals surface area contributed by atoms with E-state index < -0.39 is 36.2 Å². The second-order valence-electron chi connectivity index (χ2n) is 12.7. The SMILES string of the molecule is O=C(NCCCC[C@H](NC(=O)[C@H]1O[C@@H]1C(=O)NCC(c1ccccc1)c1ccccc1)C(=O)Nc1cccc2ccccc12)OCc1ccccc1. The lowest BCUT2D eigenvalue weighted by atomic mass is 9.91. The van der Waals surface area contributed by atoms with Crippen molar-refractivity contribution in [2.75, 3.05) is 18.4 Å². The van der Waals surface area contributed by atoms with Crippen molar-refractivity contribution in [1.29, 1.82) is 0 Å². The number of alkyl carbamates (subject to hydrolysis) is 1. The molecule has 4 amide bonds. The van der Waals surface area contributed by atoms with Crippen molar-refractivity contribution < 1.29 is 28.7 Å². The van der Waals surface area contributed by atoms with Crippen LogP contribution >= 0.6 is 0 Å². The molecule has 4 N–H and O–H groups in total. The van der Waals surface area contributed by atoms with Crippen LogP contribution in [-0.2, 0) is 30.5 Å². The van der Waals surface area contributed by atoms with Gasteiger partial charge in [-0.1, -0.05) is 127 Å². The molecule has 10 nitrogen and oxygen atoms in total. The monoisotopic (exact) mass is 698 g/mol. The molecule has 5 aromatic rings. The molecule has 0 radical (unpaired) electrons. The fraction of sp³-hybridized carbons (Fsp3) is 0.238. The topological polar surface area (TPSA) is 138 Å². The van der Waals surface area contributed by atoms with Crippen LogP contribution in [0.25, 0.3) is 10.8 Å². The van der Waals surface area contributed by atoms with Crippen LogP contribution in [0.4, 0.5) is 10.5 Å². The number of ether oxygens (including phenoxy) is 2. The van der Waals surface area contributed by atoms with E-state index in [0.717, 1.165) is 27.5 Å². The number of nitrogens with one attached hydrogen (secondary N) is 4. The summed E-state index contributed by atoms with van der Waals surface area (Å²) in [6.45, 7) is 0.823. The fourth-order valence-corrected chi connectivity index (χ4v) is 6.13. The molecule has 52 heavy (non-hydrogen) atoms. The Morgan fingerprint density at radius 1 is 0.654 bits per heavy atom. The molecule has 3 atom stereocenters. The number of carbonyl (C=O) groups excluding carboxylic acids is 4. The second-order valence-corrected chi connectivity index (χ2v) is 12.7. The number of fused-ring (bicyclic) bond motifs is 1. The lowest BCUT2D eigenvalue weighted by Gasteiger charge is -2.19. The Kier molecular flexibility index (Phi) is 12.2. The molecule has 5 aromatic carbocycles. The van der Waals surface area contributed by atoms with Crippen molar-refractivity contribution in [2.24, 2.45) is 0 Å². The van der Waals surface area contributed by atoms with Gasteiger partial charge in [0.05, 0.1) is 0 Å². The van der Waals surface area contributed by atoms with Crippen LogP contribution in [-0.4, -0.2) is 55.2 Å². The first-order valence-corrected chi connectivity index (χ1v) is 17.5. The Labute approximate surface area is 302 Å². The summed E-state index contributed by atoms with van der Waals surface area (Å²) in [7, 11) is 0. The van der Waals surface area contributed by atoms with Crippen LogP contribution < -0.4 is 21.3 Å². The predicted octanol–water partition coefficient (Wildman–Crippen LogP) is 6.08. The highest BCUT2D eigenvalue weighted by Gasteiger charge is 2.51. The van der Waals surface area contributed by atoms with Gasteiger partial charge < -0.3 is 30.7 Å². The van der Waals surface area contributed by atoms with Gasteiger partial charge in [0.25, 0.3) is 11.8 Å². The van der Waals surface area contributed by atoms with E-state index in [1.807, 2.05) is 133 Å². The summed E-state index contributed by atoms with van der Waals surface area (Å²) in [4.78, 5) is 52.4. The average Bonchev–Trinajstić information content (AvgIpc) is 4.00. The largest absolute Gasteiger partial charge is 0.445 e. The molecule has 266 valence electrons. The molecular formula is C42H42N4O6. The van der Waals surface area contributed by atoms with Crippen molar-refractivity contribution >= 4 is 40.3 Å². The van der Waals surface area contributed by atoms with E-state index in [0.29, 0.717) is 38.0 Å². The van der Waals surface area contributed by atoms with Crippen LogP contribution in [0, 0.1) is 0 Å². The van der Waals surface area contributed by atoms with E-state index in [9.17, 15) is 19.2 Å². The fourth-order valence-electron chi connectivity index (χ4n) is 6.13. The van der Waals surface area contributed by atoms with E-state index in [1.54, 1.807) is 0 Å². The van der Waals surface area contributed by atoms with Crippen LogP contribution in [0.3, 0.4) is 0 Å². The third kappa shape index (κ3) is 9.82. The van der Waals surface area contributed by atoms with E-state index in [-0.39, 0.29) is 18.4 Å². The van der Waals surface area contributed by atoms with Crippen LogP contribution in [0.2, 0.25) is 0 Å². The Morgan fingerprint density at radius 3 is 1.98 bits per heavy atom. The molecule has 1 fully saturated rings. The maximum atomic E-state index is 13.7. The van der Waals surface area contributed by atoms with Crippen LogP contribution in [0.15, 0.2) is 133 Å². The first-order chi connectivity index (χ1) is 25.5. The lowest BCUT2D eigenvalue weighted by molar-refractivity contribution is -0.127. The van der Waals surface area contributed by atoms with Gasteiger partial charge in [-0.25, -0.2) is 4.79 Å². The summed E-state index contributed by atoms with van der Waals surface area (Å²) >= 11 is 0. The normalized spacial score (nSPS) is 15.3. The highest BCUT2D eigenvalue weighted by molar-refractivity contribution is 6.05. The van der Waals surface area contributed by atoms with Crippen molar-refractivity contribution in [3.63, 3.8) is 0 Å². The second kappa shape index (κ2) is 17.8. The van der Waals surface area contributed by atoms with Gasteiger partial charge in [-0.3, -0.25) is 14.4 Å². The van der Waals surface area contributed by atoms with Gasteiger partial charge in [-0.2, -0.15) is 0 Å². The number of anilines is 1. The third-order valence-corrected chi connectivity index (χ3v) is 8.97. The summed E-state index contributed by atoms with van der Waals surface area (Å²) in [6.07, 6.45) is -1.15. The van der Waals surface area contributed by atoms with Crippen molar-refractivity contribution in [3.05, 3.63) is 150 Å². The molecule has 1 heterocycles. The summed E-state index contributed by atoms with van der Waals surface area (Å²) in [6, 6.07) is 41.6. The van der Waals surface area contributed by atoms with Crippen molar-refractivity contribution in [1.82, 2.24) is 16.0 Å². The van der Waals surface area contributed by atoms with E-state index in [2.05, 4.69) is 21.3 Å². The molecular weight excluding hydrogens is 656 g/mol. The van der Waals surface area contributed by atoms with Gasteiger partial charge in [0.15, 0.2) is 12.2 Å². The van der Waals surface area contributed by atoms with Crippen molar-refractivity contribution in [3.8, 4) is 0 Å². The standard InChI is InChI=1S/C42H42N4O6/c47-39(45-35-25-14-22-30-21-10-11-23-33(30)35)36(24-12-13-26-43-42(50)51-28-29-15-4-1-5-16-29)46-41(49)38-37(52-38)40(48)44-27-34(31-17-6-2-7-18-31)32-19-8-3-9-20-32/h1-11,14-23,25,34,36-38H,12-13,24,26-28H2,(H,43,50)(H,44,48)(H,45,47)(H,46,49)/t36-,37-,38-/m0/s1. The Morgan fingerprint density at radius 2 is 1.27 bits per heavy atom. The highest BCUT2D eigenvalue weighted by Crippen LogP contribution is 2.27. The number of hydrogen-bond donors (Lipinski definition) is 4. The number of amides is 4. The Hall–Kier alpha value is -6.00. The number of epoxide rings is 1. The van der Waals surface area contributed by atoms with Gasteiger partial charge in [0, 0.05) is 30.1 Å². The van der Waals surface area contributed by atoms with Gasteiger partial charge >= 0.3 is 6.09 Å². The number of benzene rings is 5. The summed E-state index contributed by atoms with van der Waals surface area (Å²) < 4.78 is 10.8. The first kappa shape index (κ1) is 35.8. The Balaban J connectivity index is 1.03. The summed E-state index contributed by atoms with van der Waals surface area (Å²) in [5.41, 5.74) is 3.62. The minimum atomic E-state index is -1.01.